The first-order chi connectivity index (χ1) is 10.3. The smallest absolute Gasteiger partial charge is 0.252 e. The molecule has 4 nitrogen and oxygen atoms in total. The van der Waals surface area contributed by atoms with Crippen molar-refractivity contribution in [1.82, 2.24) is 9.55 Å². The van der Waals surface area contributed by atoms with Crippen LogP contribution in [0.2, 0.25) is 25.7 Å². The molecule has 22 heavy (non-hydrogen) atoms. The van der Waals surface area contributed by atoms with Gasteiger partial charge in [0.25, 0.3) is 5.56 Å². The Bertz CT molecular complexity index is 678. The van der Waals surface area contributed by atoms with Crippen LogP contribution in [0.4, 0.5) is 4.39 Å². The van der Waals surface area contributed by atoms with Gasteiger partial charge in [-0.05, 0) is 29.8 Å². The van der Waals surface area contributed by atoms with E-state index in [0.717, 1.165) is 17.2 Å². The molecule has 6 heteroatoms. The molecular formula is C16H21FN2O2Si. The van der Waals surface area contributed by atoms with Crippen LogP contribution in [-0.2, 0) is 11.5 Å². The zero-order valence-electron chi connectivity index (χ0n) is 13.2. The number of pyridine rings is 2. The first-order valence-electron chi connectivity index (χ1n) is 7.25. The Labute approximate surface area is 130 Å². The molecule has 0 radical (unpaired) electrons. The average Bonchev–Trinajstić information content (AvgIpc) is 2.45. The van der Waals surface area contributed by atoms with Gasteiger partial charge in [-0.2, -0.15) is 4.39 Å². The van der Waals surface area contributed by atoms with Crippen LogP contribution < -0.4 is 5.56 Å². The van der Waals surface area contributed by atoms with E-state index in [2.05, 4.69) is 24.6 Å². The van der Waals surface area contributed by atoms with Crippen molar-refractivity contribution in [3.05, 3.63) is 53.0 Å². The van der Waals surface area contributed by atoms with Gasteiger partial charge >= 0.3 is 0 Å². The van der Waals surface area contributed by atoms with Crippen molar-refractivity contribution in [3.8, 4) is 11.1 Å². The predicted molar refractivity (Wildman–Crippen MR) is 88.0 cm³/mol. The monoisotopic (exact) mass is 320 g/mol. The molecule has 0 N–H and O–H groups in total. The highest BCUT2D eigenvalue weighted by Gasteiger charge is 2.12. The number of halogens is 1. The molecule has 0 unspecified atom stereocenters. The van der Waals surface area contributed by atoms with Gasteiger partial charge in [0.15, 0.2) is 0 Å². The molecule has 2 heterocycles. The normalized spacial score (nSPS) is 11.6. The van der Waals surface area contributed by atoms with Crippen LogP contribution in [0.25, 0.3) is 11.1 Å². The lowest BCUT2D eigenvalue weighted by Crippen LogP contribution is -2.24. The summed E-state index contributed by atoms with van der Waals surface area (Å²) in [4.78, 5) is 15.5. The van der Waals surface area contributed by atoms with Crippen molar-refractivity contribution in [2.75, 3.05) is 6.61 Å². The van der Waals surface area contributed by atoms with Crippen LogP contribution >= 0.6 is 0 Å². The zero-order valence-corrected chi connectivity index (χ0v) is 14.2. The van der Waals surface area contributed by atoms with Gasteiger partial charge in [-0.15, -0.1) is 0 Å². The summed E-state index contributed by atoms with van der Waals surface area (Å²) in [6.45, 7) is 7.73. The summed E-state index contributed by atoms with van der Waals surface area (Å²) < 4.78 is 20.0. The first-order valence-corrected chi connectivity index (χ1v) is 11.0. The average molecular weight is 320 g/mol. The lowest BCUT2D eigenvalue weighted by Gasteiger charge is -2.16. The van der Waals surface area contributed by atoms with E-state index in [1.165, 1.54) is 22.9 Å². The molecule has 2 rings (SSSR count). The van der Waals surface area contributed by atoms with Crippen molar-refractivity contribution in [2.24, 2.45) is 0 Å². The predicted octanol–water partition coefficient (Wildman–Crippen LogP) is 3.36. The summed E-state index contributed by atoms with van der Waals surface area (Å²) >= 11 is 0. The molecule has 0 fully saturated rings. The van der Waals surface area contributed by atoms with Gasteiger partial charge in [0.1, 0.15) is 6.73 Å². The Morgan fingerprint density at radius 3 is 2.55 bits per heavy atom. The third-order valence-corrected chi connectivity index (χ3v) is 4.98. The van der Waals surface area contributed by atoms with E-state index in [1.807, 2.05) is 0 Å². The summed E-state index contributed by atoms with van der Waals surface area (Å²) in [5.41, 5.74) is 1.45. The van der Waals surface area contributed by atoms with Gasteiger partial charge in [-0.25, -0.2) is 4.98 Å². The zero-order chi connectivity index (χ0) is 16.2. The second-order valence-corrected chi connectivity index (χ2v) is 12.1. The highest BCUT2D eigenvalue weighted by Crippen LogP contribution is 2.16. The van der Waals surface area contributed by atoms with Gasteiger partial charge in [-0.3, -0.25) is 9.36 Å². The summed E-state index contributed by atoms with van der Waals surface area (Å²) in [5.74, 6) is -0.522. The van der Waals surface area contributed by atoms with Gasteiger partial charge in [0.2, 0.25) is 5.95 Å². The molecule has 0 amide bonds. The van der Waals surface area contributed by atoms with Crippen LogP contribution in [0.3, 0.4) is 0 Å². The van der Waals surface area contributed by atoms with Gasteiger partial charge in [0.05, 0.1) is 0 Å². The maximum absolute atomic E-state index is 12.9. The van der Waals surface area contributed by atoms with Crippen molar-refractivity contribution in [3.63, 3.8) is 0 Å². The molecule has 0 aromatic carbocycles. The molecule has 0 aliphatic heterocycles. The van der Waals surface area contributed by atoms with Crippen LogP contribution in [0, 0.1) is 5.95 Å². The van der Waals surface area contributed by atoms with Crippen molar-refractivity contribution >= 4 is 8.07 Å². The fraction of sp³-hybridized carbons (Fsp3) is 0.375. The SMILES string of the molecule is C[Si](C)(C)CCOCn1cc(-c2ccc(F)nc2)ccc1=O. The fourth-order valence-electron chi connectivity index (χ4n) is 1.89. The van der Waals surface area contributed by atoms with Gasteiger partial charge in [0, 0.05) is 38.7 Å². The first kappa shape index (κ1) is 16.6. The van der Waals surface area contributed by atoms with E-state index in [4.69, 9.17) is 4.74 Å². The molecule has 0 saturated heterocycles. The maximum atomic E-state index is 12.9. The minimum absolute atomic E-state index is 0.119. The van der Waals surface area contributed by atoms with E-state index in [9.17, 15) is 9.18 Å². The summed E-state index contributed by atoms with van der Waals surface area (Å²) in [6, 6.07) is 7.19. The summed E-state index contributed by atoms with van der Waals surface area (Å²) in [5, 5.41) is 0. The van der Waals surface area contributed by atoms with E-state index < -0.39 is 14.0 Å². The number of nitrogens with zero attached hydrogens (tertiary/aromatic N) is 2. The third-order valence-electron chi connectivity index (χ3n) is 3.27. The summed E-state index contributed by atoms with van der Waals surface area (Å²) in [7, 11) is -1.13. The number of hydrogen-bond donors (Lipinski definition) is 0. The van der Waals surface area contributed by atoms with Crippen molar-refractivity contribution < 1.29 is 9.13 Å². The molecule has 2 aromatic heterocycles. The second kappa shape index (κ2) is 6.98. The highest BCUT2D eigenvalue weighted by molar-refractivity contribution is 6.76. The Kier molecular flexibility index (Phi) is 5.26. The van der Waals surface area contributed by atoms with Crippen LogP contribution in [0.15, 0.2) is 41.5 Å². The number of hydrogen-bond acceptors (Lipinski definition) is 3. The molecule has 118 valence electrons. The van der Waals surface area contributed by atoms with Crippen LogP contribution in [0.5, 0.6) is 0 Å². The molecule has 0 bridgehead atoms. The Balaban J connectivity index is 2.07. The van der Waals surface area contributed by atoms with Gasteiger partial charge < -0.3 is 4.74 Å². The topological polar surface area (TPSA) is 44.1 Å². The quantitative estimate of drug-likeness (QED) is 0.466. The standard InChI is InChI=1S/C16H21FN2O2Si/c1-22(2,3)9-8-21-12-19-11-14(5-7-16(19)20)13-4-6-15(17)18-10-13/h4-7,10-11H,8-9,12H2,1-3H3. The molecule has 0 atom stereocenters. The molecule has 0 spiro atoms. The number of rotatable bonds is 6. The maximum Gasteiger partial charge on any atom is 0.252 e. The Morgan fingerprint density at radius 2 is 1.91 bits per heavy atom. The largest absolute Gasteiger partial charge is 0.361 e. The molecular weight excluding hydrogens is 299 g/mol. The minimum Gasteiger partial charge on any atom is -0.361 e. The number of aromatic nitrogens is 2. The molecule has 0 aliphatic rings. The molecule has 2 aromatic rings. The van der Waals surface area contributed by atoms with Crippen LogP contribution in [-0.4, -0.2) is 24.2 Å². The minimum atomic E-state index is -1.13. The summed E-state index contributed by atoms with van der Waals surface area (Å²) in [6.07, 6.45) is 3.16. The lowest BCUT2D eigenvalue weighted by molar-refractivity contribution is 0.0848. The van der Waals surface area contributed by atoms with E-state index in [-0.39, 0.29) is 12.3 Å². The third kappa shape index (κ3) is 4.89. The lowest BCUT2D eigenvalue weighted by atomic mass is 10.1. The highest BCUT2D eigenvalue weighted by atomic mass is 28.3. The Morgan fingerprint density at radius 1 is 1.18 bits per heavy atom. The van der Waals surface area contributed by atoms with E-state index in [0.29, 0.717) is 6.61 Å². The van der Waals surface area contributed by atoms with Gasteiger partial charge in [-0.1, -0.05) is 19.6 Å². The second-order valence-electron chi connectivity index (χ2n) is 6.44. The molecule has 0 saturated carbocycles. The number of ether oxygens (including phenoxy) is 1. The van der Waals surface area contributed by atoms with Crippen LogP contribution in [0.1, 0.15) is 0 Å². The molecule has 0 aliphatic carbocycles. The van der Waals surface area contributed by atoms with E-state index >= 15 is 0 Å². The van der Waals surface area contributed by atoms with Crippen molar-refractivity contribution in [2.45, 2.75) is 32.4 Å². The van der Waals surface area contributed by atoms with Crippen molar-refractivity contribution in [1.29, 1.82) is 0 Å². The fourth-order valence-corrected chi connectivity index (χ4v) is 2.65. The van der Waals surface area contributed by atoms with E-state index in [1.54, 1.807) is 18.3 Å². The Hall–Kier alpha value is -1.79.